The van der Waals surface area contributed by atoms with Gasteiger partial charge in [-0.3, -0.25) is 0 Å². The molecule has 0 saturated heterocycles. The van der Waals surface area contributed by atoms with Gasteiger partial charge in [-0.1, -0.05) is 11.6 Å². The molecule has 0 unspecified atom stereocenters. The lowest BCUT2D eigenvalue weighted by atomic mass is 10.3. The standard InChI is InChI=1S/C14H17ClN2O3S2/c1-10-13(21-9-16-10)6-7-17(2)22(18,19)14-8-11(15)4-5-12(14)20-3/h4-5,8-9H,6-7H2,1-3H3. The molecule has 2 rings (SSSR count). The SMILES string of the molecule is COc1ccc(Cl)cc1S(=O)(=O)N(C)CCc1scnc1C. The number of halogens is 1. The highest BCUT2D eigenvalue weighted by Crippen LogP contribution is 2.29. The number of benzene rings is 1. The Balaban J connectivity index is 2.22. The van der Waals surface area contributed by atoms with Gasteiger partial charge < -0.3 is 4.74 Å². The van der Waals surface area contributed by atoms with Crippen molar-refractivity contribution in [2.45, 2.75) is 18.2 Å². The molecule has 8 heteroatoms. The van der Waals surface area contributed by atoms with Crippen LogP contribution < -0.4 is 4.74 Å². The highest BCUT2D eigenvalue weighted by atomic mass is 35.5. The van der Waals surface area contributed by atoms with Crippen LogP contribution in [0.1, 0.15) is 10.6 Å². The number of likely N-dealkylation sites (N-methyl/N-ethyl adjacent to an activating group) is 1. The Labute approximate surface area is 139 Å². The van der Waals surface area contributed by atoms with Crippen LogP contribution in [0, 0.1) is 6.92 Å². The minimum Gasteiger partial charge on any atom is -0.495 e. The number of aromatic nitrogens is 1. The summed E-state index contributed by atoms with van der Waals surface area (Å²) in [5, 5.41) is 0.353. The lowest BCUT2D eigenvalue weighted by Gasteiger charge is -2.18. The normalized spacial score (nSPS) is 11.9. The molecular formula is C14H17ClN2O3S2. The molecule has 22 heavy (non-hydrogen) atoms. The second-order valence-corrected chi connectivity index (χ2v) is 8.12. The van der Waals surface area contributed by atoms with Gasteiger partial charge in [0.2, 0.25) is 10.0 Å². The van der Waals surface area contributed by atoms with E-state index in [0.717, 1.165) is 10.6 Å². The van der Waals surface area contributed by atoms with Gasteiger partial charge in [0.25, 0.3) is 0 Å². The van der Waals surface area contributed by atoms with Gasteiger partial charge in [0.1, 0.15) is 10.6 Å². The molecule has 0 bridgehead atoms. The molecule has 0 aliphatic rings. The molecule has 0 amide bonds. The van der Waals surface area contributed by atoms with Gasteiger partial charge in [-0.05, 0) is 31.5 Å². The van der Waals surface area contributed by atoms with Gasteiger partial charge in [0.15, 0.2) is 0 Å². The highest BCUT2D eigenvalue weighted by molar-refractivity contribution is 7.89. The quantitative estimate of drug-likeness (QED) is 0.794. The highest BCUT2D eigenvalue weighted by Gasteiger charge is 2.25. The van der Waals surface area contributed by atoms with Crippen molar-refractivity contribution >= 4 is 33.0 Å². The van der Waals surface area contributed by atoms with Crippen molar-refractivity contribution in [1.29, 1.82) is 0 Å². The molecule has 1 heterocycles. The fourth-order valence-corrected chi connectivity index (χ4v) is 4.32. The summed E-state index contributed by atoms with van der Waals surface area (Å²) < 4.78 is 31.8. The van der Waals surface area contributed by atoms with Gasteiger partial charge in [-0.2, -0.15) is 0 Å². The maximum atomic E-state index is 12.7. The largest absolute Gasteiger partial charge is 0.495 e. The van der Waals surface area contributed by atoms with Gasteiger partial charge in [-0.15, -0.1) is 11.3 Å². The van der Waals surface area contributed by atoms with Crippen molar-refractivity contribution < 1.29 is 13.2 Å². The predicted molar refractivity (Wildman–Crippen MR) is 88.4 cm³/mol. The first kappa shape index (κ1) is 17.2. The summed E-state index contributed by atoms with van der Waals surface area (Å²) >= 11 is 7.45. The number of hydrogen-bond acceptors (Lipinski definition) is 5. The van der Waals surface area contributed by atoms with E-state index >= 15 is 0 Å². The van der Waals surface area contributed by atoms with Crippen molar-refractivity contribution in [2.75, 3.05) is 20.7 Å². The van der Waals surface area contributed by atoms with Crippen LogP contribution in [0.2, 0.25) is 5.02 Å². The third-order valence-electron chi connectivity index (χ3n) is 3.31. The number of methoxy groups -OCH3 is 1. The molecule has 1 aromatic carbocycles. The Morgan fingerprint density at radius 3 is 2.73 bits per heavy atom. The van der Waals surface area contributed by atoms with Crippen LogP contribution in [0.5, 0.6) is 5.75 Å². The maximum Gasteiger partial charge on any atom is 0.246 e. The average Bonchev–Trinajstić information content (AvgIpc) is 2.89. The van der Waals surface area contributed by atoms with E-state index in [2.05, 4.69) is 4.98 Å². The van der Waals surface area contributed by atoms with Crippen molar-refractivity contribution in [3.05, 3.63) is 39.3 Å². The molecule has 2 aromatic rings. The Morgan fingerprint density at radius 2 is 2.14 bits per heavy atom. The zero-order chi connectivity index (χ0) is 16.3. The summed E-state index contributed by atoms with van der Waals surface area (Å²) in [6.07, 6.45) is 0.620. The number of ether oxygens (including phenoxy) is 1. The van der Waals surface area contributed by atoms with Crippen molar-refractivity contribution in [3.63, 3.8) is 0 Å². The van der Waals surface area contributed by atoms with E-state index in [1.54, 1.807) is 24.7 Å². The summed E-state index contributed by atoms with van der Waals surface area (Å²) in [6.45, 7) is 2.28. The Morgan fingerprint density at radius 1 is 1.41 bits per heavy atom. The summed E-state index contributed by atoms with van der Waals surface area (Å²) in [5.41, 5.74) is 2.70. The molecule has 1 aromatic heterocycles. The van der Waals surface area contributed by atoms with Crippen LogP contribution in [0.15, 0.2) is 28.6 Å². The number of nitrogens with zero attached hydrogens (tertiary/aromatic N) is 2. The fourth-order valence-electron chi connectivity index (χ4n) is 1.97. The Bertz CT molecular complexity index is 759. The Hall–Kier alpha value is -1.15. The molecule has 120 valence electrons. The lowest BCUT2D eigenvalue weighted by Crippen LogP contribution is -2.29. The topological polar surface area (TPSA) is 59.5 Å². The third-order valence-corrected chi connectivity index (χ3v) is 6.42. The van der Waals surface area contributed by atoms with E-state index < -0.39 is 10.0 Å². The molecule has 0 saturated carbocycles. The molecular weight excluding hydrogens is 344 g/mol. The lowest BCUT2D eigenvalue weighted by molar-refractivity contribution is 0.398. The van der Waals surface area contributed by atoms with Crippen molar-refractivity contribution in [1.82, 2.24) is 9.29 Å². The molecule has 0 spiro atoms. The summed E-state index contributed by atoms with van der Waals surface area (Å²) in [5.74, 6) is 0.283. The van der Waals surface area contributed by atoms with E-state index in [4.69, 9.17) is 16.3 Å². The number of hydrogen-bond donors (Lipinski definition) is 0. The molecule has 5 nitrogen and oxygen atoms in total. The van der Waals surface area contributed by atoms with Gasteiger partial charge in [0.05, 0.1) is 18.3 Å². The summed E-state index contributed by atoms with van der Waals surface area (Å²) in [6, 6.07) is 4.56. The minimum absolute atomic E-state index is 0.0750. The van der Waals surface area contributed by atoms with Crippen LogP contribution in [0.25, 0.3) is 0 Å². The van der Waals surface area contributed by atoms with Crippen LogP contribution in [0.3, 0.4) is 0 Å². The van der Waals surface area contributed by atoms with Crippen LogP contribution in [0.4, 0.5) is 0 Å². The first-order chi connectivity index (χ1) is 10.4. The maximum absolute atomic E-state index is 12.7. The van der Waals surface area contributed by atoms with E-state index in [1.807, 2.05) is 6.92 Å². The molecule has 0 atom stereocenters. The zero-order valence-corrected chi connectivity index (χ0v) is 14.9. The molecule has 0 radical (unpaired) electrons. The van der Waals surface area contributed by atoms with Gasteiger partial charge >= 0.3 is 0 Å². The predicted octanol–water partition coefficient (Wildman–Crippen LogP) is 2.98. The number of rotatable bonds is 6. The molecule has 0 N–H and O–H groups in total. The van der Waals surface area contributed by atoms with Gasteiger partial charge in [0, 0.05) is 23.5 Å². The summed E-state index contributed by atoms with van der Waals surface area (Å²) in [4.78, 5) is 5.33. The zero-order valence-electron chi connectivity index (χ0n) is 12.5. The summed E-state index contributed by atoms with van der Waals surface area (Å²) in [7, 11) is -0.681. The second-order valence-electron chi connectivity index (χ2n) is 4.73. The van der Waals surface area contributed by atoms with Crippen molar-refractivity contribution in [3.8, 4) is 5.75 Å². The van der Waals surface area contributed by atoms with Gasteiger partial charge in [-0.25, -0.2) is 17.7 Å². The molecule has 0 aliphatic carbocycles. The van der Waals surface area contributed by atoms with Crippen LogP contribution in [-0.2, 0) is 16.4 Å². The fraction of sp³-hybridized carbons (Fsp3) is 0.357. The minimum atomic E-state index is -3.66. The average molecular weight is 361 g/mol. The number of aryl methyl sites for hydroxylation is 1. The second kappa shape index (κ2) is 6.95. The number of thiazole rings is 1. The van der Waals surface area contributed by atoms with E-state index in [0.29, 0.717) is 18.0 Å². The van der Waals surface area contributed by atoms with E-state index in [9.17, 15) is 8.42 Å². The van der Waals surface area contributed by atoms with Crippen LogP contribution >= 0.6 is 22.9 Å². The van der Waals surface area contributed by atoms with Crippen molar-refractivity contribution in [2.24, 2.45) is 0 Å². The third kappa shape index (κ3) is 3.60. The smallest absolute Gasteiger partial charge is 0.246 e. The van der Waals surface area contributed by atoms with E-state index in [1.165, 1.54) is 28.8 Å². The first-order valence-electron chi connectivity index (χ1n) is 6.55. The number of sulfonamides is 1. The Kier molecular flexibility index (Phi) is 5.44. The molecule has 0 fully saturated rings. The molecule has 0 aliphatic heterocycles. The monoisotopic (exact) mass is 360 g/mol. The first-order valence-corrected chi connectivity index (χ1v) is 9.25. The van der Waals surface area contributed by atoms with E-state index in [-0.39, 0.29) is 10.6 Å². The van der Waals surface area contributed by atoms with Crippen LogP contribution in [-0.4, -0.2) is 38.4 Å².